The molecule has 0 fully saturated rings. The second-order valence-electron chi connectivity index (χ2n) is 4.38. The van der Waals surface area contributed by atoms with Crippen molar-refractivity contribution in [1.82, 2.24) is 4.90 Å². The number of nitrogens with two attached hydrogens (primary N) is 1. The number of nitrogen functional groups attached to an aromatic ring is 1. The molecule has 0 amide bonds. The van der Waals surface area contributed by atoms with E-state index in [-0.39, 0.29) is 0 Å². The Labute approximate surface area is 97.9 Å². The first-order valence-corrected chi connectivity index (χ1v) is 5.78. The molecule has 1 rings (SSSR count). The van der Waals surface area contributed by atoms with Crippen LogP contribution in [0.5, 0.6) is 0 Å². The van der Waals surface area contributed by atoms with Crippen LogP contribution in [0.2, 0.25) is 0 Å². The summed E-state index contributed by atoms with van der Waals surface area (Å²) in [5.74, 6) is 0. The van der Waals surface area contributed by atoms with Crippen LogP contribution in [0.15, 0.2) is 24.3 Å². The van der Waals surface area contributed by atoms with E-state index >= 15 is 0 Å². The second kappa shape index (κ2) is 5.87. The van der Waals surface area contributed by atoms with E-state index in [0.29, 0.717) is 18.3 Å². The number of aliphatic hydroxyl groups is 1. The lowest BCUT2D eigenvalue weighted by Crippen LogP contribution is -2.32. The molecule has 0 spiro atoms. The molecule has 0 saturated heterocycles. The fourth-order valence-electron chi connectivity index (χ4n) is 1.64. The summed E-state index contributed by atoms with van der Waals surface area (Å²) in [6, 6.07) is 7.92. The van der Waals surface area contributed by atoms with Crippen LogP contribution in [0.4, 0.5) is 5.69 Å². The van der Waals surface area contributed by atoms with E-state index in [1.165, 1.54) is 0 Å². The zero-order valence-electron chi connectivity index (χ0n) is 10.4. The summed E-state index contributed by atoms with van der Waals surface area (Å²) in [5.41, 5.74) is 7.27. The molecule has 0 aliphatic rings. The van der Waals surface area contributed by atoms with Gasteiger partial charge < -0.3 is 15.7 Å². The van der Waals surface area contributed by atoms with E-state index in [1.807, 2.05) is 31.3 Å². The van der Waals surface area contributed by atoms with Gasteiger partial charge in [0.2, 0.25) is 0 Å². The van der Waals surface area contributed by atoms with Crippen LogP contribution in [0.3, 0.4) is 0 Å². The lowest BCUT2D eigenvalue weighted by Gasteiger charge is -2.26. The summed E-state index contributed by atoms with van der Waals surface area (Å²) >= 11 is 0. The standard InChI is InChI=1S/C13H22N2O/c1-4-10(2)15(3)9-13(16)11-6-5-7-12(14)8-11/h5-8,10,13,16H,4,9,14H2,1-3H3. The normalized spacial score (nSPS) is 15.1. The van der Waals surface area contributed by atoms with E-state index < -0.39 is 6.10 Å². The molecule has 3 nitrogen and oxygen atoms in total. The van der Waals surface area contributed by atoms with E-state index in [1.54, 1.807) is 0 Å². The second-order valence-corrected chi connectivity index (χ2v) is 4.38. The third kappa shape index (κ3) is 3.51. The Bertz CT molecular complexity index is 327. The molecule has 2 atom stereocenters. The fraction of sp³-hybridized carbons (Fsp3) is 0.538. The number of anilines is 1. The highest BCUT2D eigenvalue weighted by Crippen LogP contribution is 2.17. The number of nitrogens with zero attached hydrogens (tertiary/aromatic N) is 1. The van der Waals surface area contributed by atoms with Gasteiger partial charge in [-0.15, -0.1) is 0 Å². The van der Waals surface area contributed by atoms with Crippen LogP contribution >= 0.6 is 0 Å². The molecular formula is C13H22N2O. The smallest absolute Gasteiger partial charge is 0.0917 e. The van der Waals surface area contributed by atoms with Crippen molar-refractivity contribution in [2.24, 2.45) is 0 Å². The minimum Gasteiger partial charge on any atom is -0.399 e. The van der Waals surface area contributed by atoms with Crippen molar-refractivity contribution in [2.75, 3.05) is 19.3 Å². The molecule has 0 bridgehead atoms. The first-order chi connectivity index (χ1) is 7.54. The summed E-state index contributed by atoms with van der Waals surface area (Å²) in [6.45, 7) is 4.94. The highest BCUT2D eigenvalue weighted by molar-refractivity contribution is 5.41. The predicted octanol–water partition coefficient (Wildman–Crippen LogP) is 2.03. The maximum absolute atomic E-state index is 10.1. The summed E-state index contributed by atoms with van der Waals surface area (Å²) in [4.78, 5) is 2.16. The molecule has 0 heterocycles. The topological polar surface area (TPSA) is 49.5 Å². The lowest BCUT2D eigenvalue weighted by atomic mass is 10.1. The molecule has 1 aromatic rings. The average Bonchev–Trinajstić information content (AvgIpc) is 2.27. The predicted molar refractivity (Wildman–Crippen MR) is 68.2 cm³/mol. The zero-order valence-corrected chi connectivity index (χ0v) is 10.4. The zero-order chi connectivity index (χ0) is 12.1. The van der Waals surface area contributed by atoms with E-state index in [9.17, 15) is 5.11 Å². The van der Waals surface area contributed by atoms with Crippen molar-refractivity contribution in [2.45, 2.75) is 32.4 Å². The van der Waals surface area contributed by atoms with Crippen molar-refractivity contribution in [1.29, 1.82) is 0 Å². The Morgan fingerprint density at radius 3 is 2.69 bits per heavy atom. The van der Waals surface area contributed by atoms with Crippen LogP contribution in [0, 0.1) is 0 Å². The quantitative estimate of drug-likeness (QED) is 0.749. The van der Waals surface area contributed by atoms with E-state index in [0.717, 1.165) is 12.0 Å². The fourth-order valence-corrected chi connectivity index (χ4v) is 1.64. The highest BCUT2D eigenvalue weighted by Gasteiger charge is 2.13. The lowest BCUT2D eigenvalue weighted by molar-refractivity contribution is 0.107. The molecule has 0 aliphatic carbocycles. The molecule has 1 aromatic carbocycles. The molecule has 2 unspecified atom stereocenters. The molecule has 90 valence electrons. The molecule has 0 radical (unpaired) electrons. The number of benzene rings is 1. The van der Waals surface area contributed by atoms with E-state index in [4.69, 9.17) is 5.73 Å². The SMILES string of the molecule is CCC(C)N(C)CC(O)c1cccc(N)c1. The van der Waals surface area contributed by atoms with Crippen LogP contribution in [0.1, 0.15) is 31.9 Å². The van der Waals surface area contributed by atoms with Crippen molar-refractivity contribution in [3.63, 3.8) is 0 Å². The molecule has 3 heteroatoms. The minimum absolute atomic E-state index is 0.470. The van der Waals surface area contributed by atoms with Crippen molar-refractivity contribution >= 4 is 5.69 Å². The Morgan fingerprint density at radius 2 is 2.12 bits per heavy atom. The summed E-state index contributed by atoms with van der Waals surface area (Å²) < 4.78 is 0. The molecule has 0 aliphatic heterocycles. The number of likely N-dealkylation sites (N-methyl/N-ethyl adjacent to an activating group) is 1. The van der Waals surface area contributed by atoms with Crippen LogP contribution in [-0.2, 0) is 0 Å². The first kappa shape index (κ1) is 13.0. The van der Waals surface area contributed by atoms with Gasteiger partial charge in [-0.25, -0.2) is 0 Å². The summed E-state index contributed by atoms with van der Waals surface area (Å²) in [5, 5.41) is 10.1. The van der Waals surface area contributed by atoms with Gasteiger partial charge in [0.25, 0.3) is 0 Å². The Morgan fingerprint density at radius 1 is 1.44 bits per heavy atom. The third-order valence-electron chi connectivity index (χ3n) is 3.10. The molecule has 16 heavy (non-hydrogen) atoms. The maximum Gasteiger partial charge on any atom is 0.0917 e. The van der Waals surface area contributed by atoms with Gasteiger partial charge in [-0.05, 0) is 38.1 Å². The molecule has 0 saturated carbocycles. The first-order valence-electron chi connectivity index (χ1n) is 5.78. The molecular weight excluding hydrogens is 200 g/mol. The number of aliphatic hydroxyl groups excluding tert-OH is 1. The van der Waals surface area contributed by atoms with Gasteiger partial charge in [0.05, 0.1) is 6.10 Å². The number of hydrogen-bond acceptors (Lipinski definition) is 3. The third-order valence-corrected chi connectivity index (χ3v) is 3.10. The van der Waals surface area contributed by atoms with Gasteiger partial charge in [0.1, 0.15) is 0 Å². The number of rotatable bonds is 5. The highest BCUT2D eigenvalue weighted by atomic mass is 16.3. The Balaban J connectivity index is 2.61. The minimum atomic E-state index is -0.470. The van der Waals surface area contributed by atoms with E-state index in [2.05, 4.69) is 18.7 Å². The van der Waals surface area contributed by atoms with Crippen LogP contribution in [0.25, 0.3) is 0 Å². The van der Waals surface area contributed by atoms with Gasteiger partial charge in [0, 0.05) is 18.3 Å². The maximum atomic E-state index is 10.1. The van der Waals surface area contributed by atoms with Crippen molar-refractivity contribution in [3.05, 3.63) is 29.8 Å². The van der Waals surface area contributed by atoms with Gasteiger partial charge in [0.15, 0.2) is 0 Å². The molecule has 0 aromatic heterocycles. The van der Waals surface area contributed by atoms with Gasteiger partial charge in [-0.3, -0.25) is 0 Å². The monoisotopic (exact) mass is 222 g/mol. The Hall–Kier alpha value is -1.06. The van der Waals surface area contributed by atoms with Gasteiger partial charge in [-0.1, -0.05) is 19.1 Å². The average molecular weight is 222 g/mol. The largest absolute Gasteiger partial charge is 0.399 e. The summed E-state index contributed by atoms with van der Waals surface area (Å²) in [7, 11) is 2.03. The van der Waals surface area contributed by atoms with Crippen LogP contribution < -0.4 is 5.73 Å². The number of hydrogen-bond donors (Lipinski definition) is 2. The van der Waals surface area contributed by atoms with Crippen molar-refractivity contribution in [3.8, 4) is 0 Å². The molecule has 3 N–H and O–H groups in total. The Kier molecular flexibility index (Phi) is 4.77. The van der Waals surface area contributed by atoms with Crippen LogP contribution in [-0.4, -0.2) is 29.6 Å². The van der Waals surface area contributed by atoms with Gasteiger partial charge >= 0.3 is 0 Å². The van der Waals surface area contributed by atoms with Gasteiger partial charge in [-0.2, -0.15) is 0 Å². The van der Waals surface area contributed by atoms with Crippen molar-refractivity contribution < 1.29 is 5.11 Å². The summed E-state index contributed by atoms with van der Waals surface area (Å²) in [6.07, 6.45) is 0.614.